The van der Waals surface area contributed by atoms with Crippen LogP contribution >= 0.6 is 0 Å². The average Bonchev–Trinajstić information content (AvgIpc) is 3.30. The molecule has 7 nitrogen and oxygen atoms in total. The summed E-state index contributed by atoms with van der Waals surface area (Å²) < 4.78 is 7.36. The van der Waals surface area contributed by atoms with Crippen LogP contribution in [0, 0.1) is 0 Å². The Hall–Kier alpha value is -2.64. The van der Waals surface area contributed by atoms with Gasteiger partial charge in [-0.1, -0.05) is 13.0 Å². The smallest absolute Gasteiger partial charge is 0.159 e. The summed E-state index contributed by atoms with van der Waals surface area (Å²) in [5.41, 5.74) is 12.4. The van der Waals surface area contributed by atoms with Crippen LogP contribution in [0.25, 0.3) is 11.0 Å². The molecule has 5 rings (SSSR count). The molecule has 0 unspecified atom stereocenters. The lowest BCUT2D eigenvalue weighted by atomic mass is 9.90. The highest BCUT2D eigenvalue weighted by Crippen LogP contribution is 2.36. The average molecular weight is 393 g/mol. The van der Waals surface area contributed by atoms with E-state index in [1.165, 1.54) is 22.5 Å². The maximum absolute atomic E-state index is 6.23. The van der Waals surface area contributed by atoms with Crippen LogP contribution in [0.1, 0.15) is 24.0 Å². The molecule has 3 atom stereocenters. The minimum atomic E-state index is 0.0672. The van der Waals surface area contributed by atoms with Crippen molar-refractivity contribution in [3.8, 4) is 0 Å². The van der Waals surface area contributed by atoms with Crippen molar-refractivity contribution < 1.29 is 4.74 Å². The number of rotatable bonds is 3. The van der Waals surface area contributed by atoms with Crippen molar-refractivity contribution in [2.24, 2.45) is 12.8 Å². The van der Waals surface area contributed by atoms with E-state index in [-0.39, 0.29) is 12.1 Å². The van der Waals surface area contributed by atoms with Crippen molar-refractivity contribution in [3.63, 3.8) is 0 Å². The van der Waals surface area contributed by atoms with E-state index < -0.39 is 0 Å². The monoisotopic (exact) mass is 392 g/mol. The maximum atomic E-state index is 6.23. The van der Waals surface area contributed by atoms with Crippen LogP contribution in [0.4, 0.5) is 11.4 Å². The second kappa shape index (κ2) is 7.00. The molecule has 0 spiro atoms. The standard InChI is InChI=1S/C22H28N6O/c1-14-10-28(20-6-7-24-22-18(20)9-25-26(22)2)11-15-4-5-16(8-17(14)15)27-12-19(23)21(13-27)29-3/h4-9,14,19,21H,10-13,23H2,1-3H3/t14-,19+,21+/m0/s1. The molecule has 2 aliphatic rings. The lowest BCUT2D eigenvalue weighted by Crippen LogP contribution is -2.34. The van der Waals surface area contributed by atoms with E-state index in [1.807, 2.05) is 24.1 Å². The summed E-state index contributed by atoms with van der Waals surface area (Å²) >= 11 is 0. The van der Waals surface area contributed by atoms with E-state index in [4.69, 9.17) is 10.5 Å². The number of aryl methyl sites for hydroxylation is 1. The largest absolute Gasteiger partial charge is 0.378 e. The quantitative estimate of drug-likeness (QED) is 0.737. The van der Waals surface area contributed by atoms with Gasteiger partial charge in [0, 0.05) is 52.2 Å². The Balaban J connectivity index is 1.44. The Morgan fingerprint density at radius 2 is 2.00 bits per heavy atom. The van der Waals surface area contributed by atoms with E-state index in [9.17, 15) is 0 Å². The Kier molecular flexibility index (Phi) is 4.44. The molecule has 0 radical (unpaired) electrons. The summed E-state index contributed by atoms with van der Waals surface area (Å²) in [5, 5.41) is 5.50. The van der Waals surface area contributed by atoms with Gasteiger partial charge in [0.2, 0.25) is 0 Å². The molecule has 3 aromatic rings. The molecule has 29 heavy (non-hydrogen) atoms. The summed E-state index contributed by atoms with van der Waals surface area (Å²) in [5.74, 6) is 0.438. The lowest BCUT2D eigenvalue weighted by Gasteiger charge is -2.35. The highest BCUT2D eigenvalue weighted by Gasteiger charge is 2.31. The van der Waals surface area contributed by atoms with Crippen LogP contribution in [0.5, 0.6) is 0 Å². The summed E-state index contributed by atoms with van der Waals surface area (Å²) in [6.45, 7) is 5.88. The molecule has 0 bridgehead atoms. The lowest BCUT2D eigenvalue weighted by molar-refractivity contribution is 0.108. The van der Waals surface area contributed by atoms with Crippen LogP contribution in [0.2, 0.25) is 0 Å². The molecule has 1 fully saturated rings. The SMILES string of the molecule is CO[C@@H]1CN(c2ccc3c(c2)[C@@H](C)CN(c2ccnc4c2cnn4C)C3)C[C@H]1N. The van der Waals surface area contributed by atoms with Crippen molar-refractivity contribution in [2.45, 2.75) is 31.5 Å². The van der Waals surface area contributed by atoms with Gasteiger partial charge in [0.25, 0.3) is 0 Å². The fourth-order valence-corrected chi connectivity index (χ4v) is 4.83. The van der Waals surface area contributed by atoms with Gasteiger partial charge >= 0.3 is 0 Å². The van der Waals surface area contributed by atoms with Crippen LogP contribution in [-0.2, 0) is 18.3 Å². The van der Waals surface area contributed by atoms with Crippen molar-refractivity contribution in [1.29, 1.82) is 0 Å². The Morgan fingerprint density at radius 3 is 2.79 bits per heavy atom. The van der Waals surface area contributed by atoms with Crippen molar-refractivity contribution in [3.05, 3.63) is 47.8 Å². The molecule has 0 saturated carbocycles. The van der Waals surface area contributed by atoms with Crippen molar-refractivity contribution in [2.75, 3.05) is 36.5 Å². The summed E-state index contributed by atoms with van der Waals surface area (Å²) in [6.07, 6.45) is 3.91. The number of nitrogens with two attached hydrogens (primary N) is 1. The molecular weight excluding hydrogens is 364 g/mol. The first-order valence-corrected chi connectivity index (χ1v) is 10.2. The maximum Gasteiger partial charge on any atom is 0.159 e. The first kappa shape index (κ1) is 18.4. The zero-order valence-electron chi connectivity index (χ0n) is 17.2. The fraction of sp³-hybridized carbons (Fsp3) is 0.455. The van der Waals surface area contributed by atoms with Crippen LogP contribution in [-0.4, -0.2) is 53.7 Å². The van der Waals surface area contributed by atoms with Crippen LogP contribution in [0.15, 0.2) is 36.7 Å². The first-order chi connectivity index (χ1) is 14.0. The number of hydrogen-bond donors (Lipinski definition) is 1. The van der Waals surface area contributed by atoms with Gasteiger partial charge in [-0.15, -0.1) is 0 Å². The second-order valence-corrected chi connectivity index (χ2v) is 8.34. The Morgan fingerprint density at radius 1 is 1.14 bits per heavy atom. The Labute approximate surface area is 171 Å². The highest BCUT2D eigenvalue weighted by atomic mass is 16.5. The third kappa shape index (κ3) is 3.05. The third-order valence-electron chi connectivity index (χ3n) is 6.45. The predicted molar refractivity (Wildman–Crippen MR) is 115 cm³/mol. The normalized spacial score (nSPS) is 24.3. The zero-order valence-corrected chi connectivity index (χ0v) is 17.2. The van der Waals surface area contributed by atoms with Gasteiger partial charge in [-0.3, -0.25) is 4.68 Å². The highest BCUT2D eigenvalue weighted by molar-refractivity contribution is 5.89. The molecule has 152 valence electrons. The van der Waals surface area contributed by atoms with Gasteiger partial charge in [0.1, 0.15) is 0 Å². The summed E-state index contributed by atoms with van der Waals surface area (Å²) in [4.78, 5) is 9.28. The van der Waals surface area contributed by atoms with Crippen LogP contribution < -0.4 is 15.5 Å². The van der Waals surface area contributed by atoms with Gasteiger partial charge in [-0.25, -0.2) is 4.98 Å². The predicted octanol–water partition coefficient (Wildman–Crippen LogP) is 2.25. The number of hydrogen-bond acceptors (Lipinski definition) is 6. The zero-order chi connectivity index (χ0) is 20.1. The van der Waals surface area contributed by atoms with Crippen LogP contribution in [0.3, 0.4) is 0 Å². The number of fused-ring (bicyclic) bond motifs is 2. The molecule has 2 aliphatic heterocycles. The van der Waals surface area contributed by atoms with E-state index >= 15 is 0 Å². The second-order valence-electron chi connectivity index (χ2n) is 8.34. The molecule has 2 aromatic heterocycles. The number of ether oxygens (including phenoxy) is 1. The van der Waals surface area contributed by atoms with Gasteiger partial charge in [0.15, 0.2) is 5.65 Å². The number of aromatic nitrogens is 3. The van der Waals surface area contributed by atoms with Gasteiger partial charge in [-0.05, 0) is 35.2 Å². The van der Waals surface area contributed by atoms with E-state index in [0.29, 0.717) is 5.92 Å². The molecular formula is C22H28N6O. The summed E-state index contributed by atoms with van der Waals surface area (Å²) in [6, 6.07) is 9.03. The summed E-state index contributed by atoms with van der Waals surface area (Å²) in [7, 11) is 3.68. The van der Waals surface area contributed by atoms with Gasteiger partial charge in [-0.2, -0.15) is 5.10 Å². The van der Waals surface area contributed by atoms with E-state index in [0.717, 1.165) is 37.2 Å². The molecule has 2 N–H and O–H groups in total. The minimum absolute atomic E-state index is 0.0672. The fourth-order valence-electron chi connectivity index (χ4n) is 4.83. The number of anilines is 2. The number of nitrogens with zero attached hydrogens (tertiary/aromatic N) is 5. The molecule has 0 aliphatic carbocycles. The van der Waals surface area contributed by atoms with Crippen molar-refractivity contribution >= 4 is 22.4 Å². The first-order valence-electron chi connectivity index (χ1n) is 10.2. The number of benzene rings is 1. The van der Waals surface area contributed by atoms with Gasteiger partial charge in [0.05, 0.1) is 29.4 Å². The van der Waals surface area contributed by atoms with E-state index in [1.54, 1.807) is 7.11 Å². The molecule has 1 saturated heterocycles. The number of pyridine rings is 1. The molecule has 1 aromatic carbocycles. The third-order valence-corrected chi connectivity index (χ3v) is 6.45. The minimum Gasteiger partial charge on any atom is -0.378 e. The molecule has 4 heterocycles. The molecule has 7 heteroatoms. The topological polar surface area (TPSA) is 72.4 Å². The Bertz CT molecular complexity index is 1050. The van der Waals surface area contributed by atoms with Crippen molar-refractivity contribution in [1.82, 2.24) is 14.8 Å². The molecule has 0 amide bonds. The van der Waals surface area contributed by atoms with Gasteiger partial charge < -0.3 is 20.3 Å². The number of methoxy groups -OCH3 is 1. The van der Waals surface area contributed by atoms with E-state index in [2.05, 4.69) is 51.1 Å².